The van der Waals surface area contributed by atoms with Gasteiger partial charge < -0.3 is 10.8 Å². The minimum absolute atomic E-state index is 0.113. The third-order valence-corrected chi connectivity index (χ3v) is 2.99. The Morgan fingerprint density at radius 1 is 1.47 bits per heavy atom. The number of carboxylic acids is 1. The molecule has 1 aliphatic heterocycles. The monoisotopic (exact) mass is 214 g/mol. The summed E-state index contributed by atoms with van der Waals surface area (Å²) in [4.78, 5) is 23.6. The molecule has 1 aliphatic rings. The fraction of sp³-hybridized carbons (Fsp3) is 0.800. The summed E-state index contributed by atoms with van der Waals surface area (Å²) in [7, 11) is 0. The van der Waals surface area contributed by atoms with E-state index >= 15 is 0 Å². The molecule has 3 N–H and O–H groups in total. The van der Waals surface area contributed by atoms with Crippen molar-refractivity contribution in [2.45, 2.75) is 13.8 Å². The van der Waals surface area contributed by atoms with Crippen LogP contribution in [-0.4, -0.2) is 41.5 Å². The predicted octanol–water partition coefficient (Wildman–Crippen LogP) is -0.240. The Morgan fingerprint density at radius 2 is 2.07 bits per heavy atom. The zero-order valence-electron chi connectivity index (χ0n) is 9.14. The quantitative estimate of drug-likeness (QED) is 0.676. The second-order valence-corrected chi connectivity index (χ2v) is 4.51. The molecule has 0 saturated carbocycles. The summed E-state index contributed by atoms with van der Waals surface area (Å²) in [6.07, 6.45) is 0. The van der Waals surface area contributed by atoms with Gasteiger partial charge in [0.25, 0.3) is 0 Å². The maximum Gasteiger partial charge on any atom is 0.308 e. The lowest BCUT2D eigenvalue weighted by atomic mass is 9.86. The van der Waals surface area contributed by atoms with Gasteiger partial charge >= 0.3 is 5.97 Å². The average Bonchev–Trinajstić information content (AvgIpc) is 2.46. The van der Waals surface area contributed by atoms with Gasteiger partial charge in [0.1, 0.15) is 0 Å². The van der Waals surface area contributed by atoms with Crippen LogP contribution in [0.25, 0.3) is 0 Å². The van der Waals surface area contributed by atoms with E-state index in [2.05, 4.69) is 0 Å². The third-order valence-electron chi connectivity index (χ3n) is 2.99. The highest BCUT2D eigenvalue weighted by molar-refractivity contribution is 5.76. The number of nitrogens with zero attached hydrogens (tertiary/aromatic N) is 1. The molecule has 2 atom stereocenters. The van der Waals surface area contributed by atoms with Crippen LogP contribution < -0.4 is 5.73 Å². The minimum Gasteiger partial charge on any atom is -0.481 e. The van der Waals surface area contributed by atoms with E-state index in [1.807, 2.05) is 18.7 Å². The largest absolute Gasteiger partial charge is 0.481 e. The number of amides is 1. The molecule has 1 heterocycles. The molecule has 0 unspecified atom stereocenters. The molecule has 0 spiro atoms. The standard InChI is InChI=1S/C10H18N2O3/c1-6(2)7-3-12(5-9(11)13)4-8(7)10(14)15/h6-8H,3-5H2,1-2H3,(H2,11,13)(H,14,15)/t7-,8+/m0/s1. The minimum atomic E-state index is -0.777. The SMILES string of the molecule is CC(C)[C@@H]1CN(CC(N)=O)C[C@H]1C(=O)O. The average molecular weight is 214 g/mol. The first-order chi connectivity index (χ1) is 6.91. The summed E-state index contributed by atoms with van der Waals surface area (Å²) in [5.74, 6) is -1.13. The van der Waals surface area contributed by atoms with E-state index < -0.39 is 11.9 Å². The Hall–Kier alpha value is -1.10. The fourth-order valence-corrected chi connectivity index (χ4v) is 2.20. The lowest BCUT2D eigenvalue weighted by Gasteiger charge is -2.18. The first kappa shape index (κ1) is 12.0. The second-order valence-electron chi connectivity index (χ2n) is 4.51. The van der Waals surface area contributed by atoms with Crippen LogP contribution in [0.1, 0.15) is 13.8 Å². The first-order valence-electron chi connectivity index (χ1n) is 5.15. The molecular formula is C10H18N2O3. The molecule has 0 radical (unpaired) electrons. The van der Waals surface area contributed by atoms with Crippen LogP contribution in [0.3, 0.4) is 0 Å². The number of aliphatic carboxylic acids is 1. The van der Waals surface area contributed by atoms with Gasteiger partial charge in [0.05, 0.1) is 12.5 Å². The van der Waals surface area contributed by atoms with Gasteiger partial charge in [-0.25, -0.2) is 0 Å². The van der Waals surface area contributed by atoms with Crippen molar-refractivity contribution in [2.24, 2.45) is 23.5 Å². The van der Waals surface area contributed by atoms with Crippen LogP contribution in [0, 0.1) is 17.8 Å². The number of carboxylic acid groups (broad SMARTS) is 1. The van der Waals surface area contributed by atoms with E-state index in [1.54, 1.807) is 0 Å². The highest BCUT2D eigenvalue weighted by atomic mass is 16.4. The number of hydrogen-bond acceptors (Lipinski definition) is 3. The maximum absolute atomic E-state index is 11.0. The summed E-state index contributed by atoms with van der Waals surface area (Å²) < 4.78 is 0. The van der Waals surface area contributed by atoms with Gasteiger partial charge in [-0.1, -0.05) is 13.8 Å². The topological polar surface area (TPSA) is 83.6 Å². The van der Waals surface area contributed by atoms with Crippen LogP contribution in [0.2, 0.25) is 0 Å². The van der Waals surface area contributed by atoms with E-state index in [-0.39, 0.29) is 18.4 Å². The molecule has 5 nitrogen and oxygen atoms in total. The molecule has 1 saturated heterocycles. The Bertz CT molecular complexity index is 265. The second kappa shape index (κ2) is 4.61. The van der Waals surface area contributed by atoms with Crippen molar-refractivity contribution >= 4 is 11.9 Å². The van der Waals surface area contributed by atoms with E-state index in [0.717, 1.165) is 0 Å². The molecule has 1 amide bonds. The van der Waals surface area contributed by atoms with Crippen LogP contribution in [-0.2, 0) is 9.59 Å². The number of carbonyl (C=O) groups is 2. The van der Waals surface area contributed by atoms with E-state index in [1.165, 1.54) is 0 Å². The van der Waals surface area contributed by atoms with Gasteiger partial charge in [0.2, 0.25) is 5.91 Å². The molecule has 0 aromatic heterocycles. The van der Waals surface area contributed by atoms with E-state index in [9.17, 15) is 9.59 Å². The third kappa shape index (κ3) is 2.92. The van der Waals surface area contributed by atoms with Crippen molar-refractivity contribution < 1.29 is 14.7 Å². The van der Waals surface area contributed by atoms with Crippen LogP contribution in [0.15, 0.2) is 0 Å². The first-order valence-corrected chi connectivity index (χ1v) is 5.15. The Morgan fingerprint density at radius 3 is 2.40 bits per heavy atom. The lowest BCUT2D eigenvalue weighted by molar-refractivity contribution is -0.143. The zero-order valence-corrected chi connectivity index (χ0v) is 9.14. The summed E-state index contributed by atoms with van der Waals surface area (Å²) in [6, 6.07) is 0. The van der Waals surface area contributed by atoms with Gasteiger partial charge in [-0.05, 0) is 11.8 Å². The molecule has 86 valence electrons. The molecule has 0 aliphatic carbocycles. The summed E-state index contributed by atoms with van der Waals surface area (Å²) in [5, 5.41) is 9.04. The summed E-state index contributed by atoms with van der Waals surface area (Å²) >= 11 is 0. The fourth-order valence-electron chi connectivity index (χ4n) is 2.20. The summed E-state index contributed by atoms with van der Waals surface area (Å²) in [5.41, 5.74) is 5.09. The van der Waals surface area contributed by atoms with Crippen molar-refractivity contribution in [2.75, 3.05) is 19.6 Å². The Kier molecular flexibility index (Phi) is 3.68. The number of carbonyl (C=O) groups excluding carboxylic acids is 1. The lowest BCUT2D eigenvalue weighted by Crippen LogP contribution is -2.32. The van der Waals surface area contributed by atoms with E-state index in [4.69, 9.17) is 10.8 Å². The molecular weight excluding hydrogens is 196 g/mol. The summed E-state index contributed by atoms with van der Waals surface area (Å²) in [6.45, 7) is 5.26. The number of nitrogens with two attached hydrogens (primary N) is 1. The van der Waals surface area contributed by atoms with Gasteiger partial charge in [-0.3, -0.25) is 14.5 Å². The Balaban J connectivity index is 2.65. The van der Waals surface area contributed by atoms with Gasteiger partial charge in [-0.2, -0.15) is 0 Å². The number of hydrogen-bond donors (Lipinski definition) is 2. The van der Waals surface area contributed by atoms with Crippen molar-refractivity contribution in [3.05, 3.63) is 0 Å². The predicted molar refractivity (Wildman–Crippen MR) is 55.1 cm³/mol. The molecule has 0 aromatic carbocycles. The molecule has 1 rings (SSSR count). The van der Waals surface area contributed by atoms with Gasteiger partial charge in [0.15, 0.2) is 0 Å². The molecule has 15 heavy (non-hydrogen) atoms. The van der Waals surface area contributed by atoms with E-state index in [0.29, 0.717) is 19.0 Å². The highest BCUT2D eigenvalue weighted by Gasteiger charge is 2.39. The molecule has 0 aromatic rings. The molecule has 1 fully saturated rings. The number of primary amides is 1. The van der Waals surface area contributed by atoms with Crippen molar-refractivity contribution in [3.8, 4) is 0 Å². The normalized spacial score (nSPS) is 27.1. The van der Waals surface area contributed by atoms with Crippen molar-refractivity contribution in [3.63, 3.8) is 0 Å². The van der Waals surface area contributed by atoms with Crippen LogP contribution in [0.5, 0.6) is 0 Å². The van der Waals surface area contributed by atoms with Crippen LogP contribution in [0.4, 0.5) is 0 Å². The molecule has 5 heteroatoms. The van der Waals surface area contributed by atoms with Gasteiger partial charge in [-0.15, -0.1) is 0 Å². The highest BCUT2D eigenvalue weighted by Crippen LogP contribution is 2.29. The van der Waals surface area contributed by atoms with Crippen molar-refractivity contribution in [1.29, 1.82) is 0 Å². The Labute approximate surface area is 89.2 Å². The van der Waals surface area contributed by atoms with Crippen LogP contribution >= 0.6 is 0 Å². The zero-order chi connectivity index (χ0) is 11.6. The van der Waals surface area contributed by atoms with Crippen molar-refractivity contribution in [1.82, 2.24) is 4.90 Å². The van der Waals surface area contributed by atoms with Gasteiger partial charge in [0, 0.05) is 13.1 Å². The maximum atomic E-state index is 11.0. The molecule has 0 bridgehead atoms. The smallest absolute Gasteiger partial charge is 0.308 e. The number of rotatable bonds is 4. The number of likely N-dealkylation sites (tertiary alicyclic amines) is 1.